The maximum Gasteiger partial charge on any atom is 0.256 e. The highest BCUT2D eigenvalue weighted by Gasteiger charge is 2.20. The molecule has 0 fully saturated rings. The number of rotatable bonds is 6. The van der Waals surface area contributed by atoms with Gasteiger partial charge in [0.05, 0.1) is 11.4 Å². The number of hydrogen-bond donors (Lipinski definition) is 0. The van der Waals surface area contributed by atoms with E-state index in [9.17, 15) is 13.6 Å². The zero-order valence-corrected chi connectivity index (χ0v) is 16.6. The second kappa shape index (κ2) is 8.51. The molecule has 1 radical (unpaired) electrons. The van der Waals surface area contributed by atoms with E-state index >= 15 is 0 Å². The molecule has 3 aromatic rings. The summed E-state index contributed by atoms with van der Waals surface area (Å²) in [5, 5.41) is 0.578. The van der Waals surface area contributed by atoms with Crippen LogP contribution in [0.3, 0.4) is 0 Å². The van der Waals surface area contributed by atoms with E-state index in [-0.39, 0.29) is 11.6 Å². The van der Waals surface area contributed by atoms with E-state index in [1.807, 2.05) is 26.0 Å². The van der Waals surface area contributed by atoms with Gasteiger partial charge in [0.1, 0.15) is 23.0 Å². The zero-order valence-electron chi connectivity index (χ0n) is 16.6. The van der Waals surface area contributed by atoms with E-state index in [1.54, 1.807) is 20.2 Å². The Morgan fingerprint density at radius 3 is 2.55 bits per heavy atom. The summed E-state index contributed by atoms with van der Waals surface area (Å²) in [6, 6.07) is 6.38. The summed E-state index contributed by atoms with van der Waals surface area (Å²) in [6.07, 6.45) is 4.62. The molecule has 1 atom stereocenters. The van der Waals surface area contributed by atoms with Crippen LogP contribution in [0.1, 0.15) is 31.9 Å². The van der Waals surface area contributed by atoms with Crippen molar-refractivity contribution in [1.82, 2.24) is 14.5 Å². The summed E-state index contributed by atoms with van der Waals surface area (Å²) in [7, 11) is 1.69. The lowest BCUT2D eigenvalue weighted by atomic mass is 9.81. The van der Waals surface area contributed by atoms with E-state index in [0.717, 1.165) is 22.3 Å². The van der Waals surface area contributed by atoms with Crippen LogP contribution in [0.15, 0.2) is 59.4 Å². The summed E-state index contributed by atoms with van der Waals surface area (Å²) in [5.74, 6) is -1.68. The Hall–Kier alpha value is -3.09. The molecule has 7 heteroatoms. The quantitative estimate of drug-likeness (QED) is 0.470. The lowest BCUT2D eigenvalue weighted by molar-refractivity contribution is 0.568. The monoisotopic (exact) mass is 392 g/mol. The average molecular weight is 392 g/mol. The molecule has 147 valence electrons. The Bertz CT molecular complexity index is 1150. The predicted octanol–water partition coefficient (Wildman–Crippen LogP) is 4.06. The first kappa shape index (κ1) is 20.6. The van der Waals surface area contributed by atoms with Gasteiger partial charge in [0.2, 0.25) is 7.28 Å². The lowest BCUT2D eigenvalue weighted by Crippen LogP contribution is -2.28. The lowest BCUT2D eigenvalue weighted by Gasteiger charge is -2.17. The van der Waals surface area contributed by atoms with E-state index in [0.29, 0.717) is 23.2 Å². The highest BCUT2D eigenvalue weighted by atomic mass is 19.1. The first-order valence-electron chi connectivity index (χ1n) is 9.33. The van der Waals surface area contributed by atoms with Crippen LogP contribution in [0, 0.1) is 11.6 Å². The SMILES string of the molecule is C=C(C)/C=C\CC(C)c1nc([B]C)nc2c1ccc(=O)n2-c1c(F)cccc1F. The van der Waals surface area contributed by atoms with Crippen molar-refractivity contribution in [3.05, 3.63) is 82.3 Å². The zero-order chi connectivity index (χ0) is 21.1. The molecule has 3 rings (SSSR count). The molecular weight excluding hydrogens is 371 g/mol. The molecule has 0 aliphatic carbocycles. The van der Waals surface area contributed by atoms with Crippen LogP contribution < -0.4 is 11.3 Å². The molecule has 29 heavy (non-hydrogen) atoms. The second-order valence-electron chi connectivity index (χ2n) is 6.96. The van der Waals surface area contributed by atoms with Gasteiger partial charge in [0.25, 0.3) is 5.56 Å². The van der Waals surface area contributed by atoms with Crippen molar-refractivity contribution >= 4 is 24.0 Å². The van der Waals surface area contributed by atoms with Crippen LogP contribution in [-0.4, -0.2) is 21.8 Å². The number of aromatic nitrogens is 3. The average Bonchev–Trinajstić information content (AvgIpc) is 2.68. The molecule has 4 nitrogen and oxygen atoms in total. The summed E-state index contributed by atoms with van der Waals surface area (Å²) >= 11 is 0. The van der Waals surface area contributed by atoms with Crippen LogP contribution in [0.4, 0.5) is 8.78 Å². The van der Waals surface area contributed by atoms with Crippen LogP contribution >= 0.6 is 0 Å². The normalized spacial score (nSPS) is 12.4. The predicted molar refractivity (Wildman–Crippen MR) is 113 cm³/mol. The molecule has 0 bridgehead atoms. The molecule has 0 saturated heterocycles. The molecule has 0 N–H and O–H groups in total. The van der Waals surface area contributed by atoms with E-state index in [4.69, 9.17) is 0 Å². The standard InChI is InChI=1S/C22H21BF2N3O/c1-13(2)7-5-8-14(3)19-15-11-12-18(29)28(21(15)27-22(23-4)26-19)20-16(24)9-6-10-17(20)25/h5-7,9-12,14H,1,8H2,2-4H3/b7-5-. The molecule has 0 spiro atoms. The third kappa shape index (κ3) is 4.18. The molecule has 1 unspecified atom stereocenters. The van der Waals surface area contributed by atoms with Crippen LogP contribution in [0.2, 0.25) is 6.82 Å². The molecule has 0 aliphatic heterocycles. The highest BCUT2D eigenvalue weighted by molar-refractivity contribution is 6.49. The number of allylic oxidation sites excluding steroid dienone is 3. The number of nitrogens with zero attached hydrogens (tertiary/aromatic N) is 3. The van der Waals surface area contributed by atoms with Crippen molar-refractivity contribution in [2.45, 2.75) is 33.0 Å². The fraction of sp³-hybridized carbons (Fsp3) is 0.227. The topological polar surface area (TPSA) is 47.8 Å². The molecule has 0 saturated carbocycles. The number of benzene rings is 1. The Morgan fingerprint density at radius 2 is 1.93 bits per heavy atom. The van der Waals surface area contributed by atoms with Crippen molar-refractivity contribution in [3.63, 3.8) is 0 Å². The maximum atomic E-state index is 14.5. The third-order valence-electron chi connectivity index (χ3n) is 4.58. The fourth-order valence-electron chi connectivity index (χ4n) is 3.16. The van der Waals surface area contributed by atoms with Crippen molar-refractivity contribution in [3.8, 4) is 5.69 Å². The van der Waals surface area contributed by atoms with Crippen LogP contribution in [0.5, 0.6) is 0 Å². The van der Waals surface area contributed by atoms with Gasteiger partial charge >= 0.3 is 0 Å². The van der Waals surface area contributed by atoms with Crippen molar-refractivity contribution in [2.24, 2.45) is 0 Å². The number of para-hydroxylation sites is 1. The minimum absolute atomic E-state index is 0.00813. The Labute approximate surface area is 168 Å². The van der Waals surface area contributed by atoms with E-state index in [1.165, 1.54) is 12.1 Å². The van der Waals surface area contributed by atoms with Gasteiger partial charge in [-0.05, 0) is 31.5 Å². The molecule has 1 aromatic carbocycles. The van der Waals surface area contributed by atoms with Crippen LogP contribution in [-0.2, 0) is 0 Å². The van der Waals surface area contributed by atoms with E-state index in [2.05, 4.69) is 16.5 Å². The number of halogens is 2. The Balaban J connectivity index is 2.29. The Morgan fingerprint density at radius 1 is 1.24 bits per heavy atom. The van der Waals surface area contributed by atoms with Gasteiger partial charge in [-0.1, -0.05) is 44.1 Å². The van der Waals surface area contributed by atoms with Crippen molar-refractivity contribution in [1.29, 1.82) is 0 Å². The van der Waals surface area contributed by atoms with Crippen molar-refractivity contribution < 1.29 is 8.78 Å². The maximum absolute atomic E-state index is 14.5. The summed E-state index contributed by atoms with van der Waals surface area (Å²) in [6.45, 7) is 9.53. The molecule has 2 heterocycles. The Kier molecular flexibility index (Phi) is 6.06. The summed E-state index contributed by atoms with van der Waals surface area (Å²) < 4.78 is 29.9. The first-order chi connectivity index (χ1) is 13.8. The summed E-state index contributed by atoms with van der Waals surface area (Å²) in [4.78, 5) is 21.6. The minimum atomic E-state index is -0.834. The highest BCUT2D eigenvalue weighted by Crippen LogP contribution is 2.26. The van der Waals surface area contributed by atoms with Crippen LogP contribution in [0.25, 0.3) is 16.7 Å². The van der Waals surface area contributed by atoms with Crippen molar-refractivity contribution in [2.75, 3.05) is 0 Å². The fourth-order valence-corrected chi connectivity index (χ4v) is 3.16. The first-order valence-corrected chi connectivity index (χ1v) is 9.33. The van der Waals surface area contributed by atoms with Gasteiger partial charge in [-0.15, -0.1) is 0 Å². The smallest absolute Gasteiger partial charge is 0.256 e. The number of hydrogen-bond acceptors (Lipinski definition) is 3. The largest absolute Gasteiger partial charge is 0.269 e. The number of pyridine rings is 1. The summed E-state index contributed by atoms with van der Waals surface area (Å²) in [5.41, 5.74) is 1.21. The molecule has 0 aliphatic rings. The minimum Gasteiger partial charge on any atom is -0.269 e. The third-order valence-corrected chi connectivity index (χ3v) is 4.58. The van der Waals surface area contributed by atoms with E-state index < -0.39 is 22.9 Å². The van der Waals surface area contributed by atoms with Gasteiger partial charge in [-0.2, -0.15) is 0 Å². The van der Waals surface area contributed by atoms with Gasteiger partial charge in [0.15, 0.2) is 0 Å². The number of fused-ring (bicyclic) bond motifs is 1. The molecule has 0 amide bonds. The molecule has 2 aromatic heterocycles. The molecular formula is C22H21BF2N3O. The van der Waals surface area contributed by atoms with Gasteiger partial charge in [0, 0.05) is 17.4 Å². The second-order valence-corrected chi connectivity index (χ2v) is 6.96. The van der Waals surface area contributed by atoms with Gasteiger partial charge in [-0.25, -0.2) is 18.7 Å². The van der Waals surface area contributed by atoms with Gasteiger partial charge in [-0.3, -0.25) is 9.36 Å². The van der Waals surface area contributed by atoms with Gasteiger partial charge < -0.3 is 0 Å².